The normalized spacial score (nSPS) is 19.2. The number of ether oxygens (including phenoxy) is 2. The molecule has 0 N–H and O–H groups in total. The number of carbonyl (C=O) groups is 1. The minimum absolute atomic E-state index is 0.179. The first-order chi connectivity index (χ1) is 15.1. The zero-order valence-electron chi connectivity index (χ0n) is 18.3. The number of hydrogen-bond donors (Lipinski definition) is 0. The Kier molecular flexibility index (Phi) is 5.83. The predicted molar refractivity (Wildman–Crippen MR) is 119 cm³/mol. The van der Waals surface area contributed by atoms with Crippen LogP contribution in [0.2, 0.25) is 0 Å². The van der Waals surface area contributed by atoms with Gasteiger partial charge in [0.25, 0.3) is 0 Å². The fourth-order valence-corrected chi connectivity index (χ4v) is 4.81. The first kappa shape index (κ1) is 20.3. The molecule has 0 aliphatic carbocycles. The molecule has 3 aliphatic rings. The average molecular weight is 422 g/mol. The van der Waals surface area contributed by atoms with E-state index >= 15 is 0 Å². The topological polar surface area (TPSA) is 45.3 Å². The lowest BCUT2D eigenvalue weighted by atomic mass is 10.1. The van der Waals surface area contributed by atoms with Crippen LogP contribution in [0.15, 0.2) is 36.4 Å². The minimum atomic E-state index is 0.179. The van der Waals surface area contributed by atoms with Gasteiger partial charge in [0.1, 0.15) is 18.1 Å². The molecular formula is C25H31N3O3. The van der Waals surface area contributed by atoms with Gasteiger partial charge in [-0.25, -0.2) is 0 Å². The quantitative estimate of drug-likeness (QED) is 0.760. The van der Waals surface area contributed by atoms with Crippen LogP contribution >= 0.6 is 0 Å². The highest BCUT2D eigenvalue weighted by Gasteiger charge is 2.21. The second-order valence-corrected chi connectivity index (χ2v) is 8.82. The lowest BCUT2D eigenvalue weighted by molar-refractivity contribution is -0.130. The summed E-state index contributed by atoms with van der Waals surface area (Å²) in [6.07, 6.45) is 1.01. The highest BCUT2D eigenvalue weighted by Crippen LogP contribution is 2.29. The molecule has 0 unspecified atom stereocenters. The Balaban J connectivity index is 1.24. The number of hydrogen-bond acceptors (Lipinski definition) is 5. The molecule has 3 heterocycles. The van der Waals surface area contributed by atoms with Crippen molar-refractivity contribution < 1.29 is 14.3 Å². The van der Waals surface area contributed by atoms with E-state index in [1.54, 1.807) is 6.92 Å². The Labute approximate surface area is 184 Å². The number of fused-ring (bicyclic) bond motifs is 2. The molecule has 0 aromatic heterocycles. The molecule has 0 spiro atoms. The highest BCUT2D eigenvalue weighted by molar-refractivity contribution is 5.73. The molecule has 1 saturated heterocycles. The summed E-state index contributed by atoms with van der Waals surface area (Å²) in [7, 11) is 0. The van der Waals surface area contributed by atoms with E-state index in [0.717, 1.165) is 76.9 Å². The summed E-state index contributed by atoms with van der Waals surface area (Å²) in [5.74, 6) is 2.23. The molecule has 31 heavy (non-hydrogen) atoms. The third kappa shape index (κ3) is 4.70. The van der Waals surface area contributed by atoms with Gasteiger partial charge in [-0.15, -0.1) is 0 Å². The molecule has 0 bridgehead atoms. The number of piperazine rings is 1. The van der Waals surface area contributed by atoms with Gasteiger partial charge < -0.3 is 14.4 Å². The van der Waals surface area contributed by atoms with Gasteiger partial charge in [0.2, 0.25) is 5.91 Å². The van der Waals surface area contributed by atoms with Crippen molar-refractivity contribution in [2.75, 3.05) is 45.9 Å². The van der Waals surface area contributed by atoms with Gasteiger partial charge in [-0.1, -0.05) is 18.2 Å². The van der Waals surface area contributed by atoms with Crippen LogP contribution in [0.4, 0.5) is 0 Å². The summed E-state index contributed by atoms with van der Waals surface area (Å²) in [6.45, 7) is 10.3. The summed E-state index contributed by atoms with van der Waals surface area (Å²) in [6, 6.07) is 13.2. The highest BCUT2D eigenvalue weighted by atomic mass is 16.5. The number of benzene rings is 2. The summed E-state index contributed by atoms with van der Waals surface area (Å²) >= 11 is 0. The van der Waals surface area contributed by atoms with Gasteiger partial charge in [-0.3, -0.25) is 14.6 Å². The van der Waals surface area contributed by atoms with Crippen molar-refractivity contribution >= 4 is 5.91 Å². The molecule has 5 rings (SSSR count). The minimum Gasteiger partial charge on any atom is -0.493 e. The standard InChI is InChI=1S/C25H31N3O3/c1-19(29)28-9-7-26(8-10-28)16-21-3-5-25-23(15-21)18-27(11-13-31-25)17-20-2-4-24-22(14-20)6-12-30-24/h2-5,14-15H,6-13,16-18H2,1H3. The molecule has 1 fully saturated rings. The van der Waals surface area contributed by atoms with Crippen molar-refractivity contribution in [3.8, 4) is 11.5 Å². The van der Waals surface area contributed by atoms with Crippen LogP contribution < -0.4 is 9.47 Å². The third-order valence-electron chi connectivity index (χ3n) is 6.57. The van der Waals surface area contributed by atoms with E-state index in [4.69, 9.17) is 9.47 Å². The van der Waals surface area contributed by atoms with Crippen LogP contribution in [0.1, 0.15) is 29.2 Å². The van der Waals surface area contributed by atoms with Crippen LogP contribution in [0, 0.1) is 0 Å². The second kappa shape index (κ2) is 8.89. The van der Waals surface area contributed by atoms with Crippen LogP contribution in [-0.4, -0.2) is 66.5 Å². The Hall–Kier alpha value is -2.57. The van der Waals surface area contributed by atoms with E-state index in [-0.39, 0.29) is 5.91 Å². The maximum absolute atomic E-state index is 11.6. The zero-order valence-corrected chi connectivity index (χ0v) is 18.3. The van der Waals surface area contributed by atoms with Crippen LogP contribution in [0.25, 0.3) is 0 Å². The van der Waals surface area contributed by atoms with Gasteiger partial charge >= 0.3 is 0 Å². The summed E-state index contributed by atoms with van der Waals surface area (Å²) in [5, 5.41) is 0. The van der Waals surface area contributed by atoms with Gasteiger partial charge in [-0.2, -0.15) is 0 Å². The molecule has 6 heteroatoms. The average Bonchev–Trinajstić information content (AvgIpc) is 3.14. The third-order valence-corrected chi connectivity index (χ3v) is 6.57. The van der Waals surface area contributed by atoms with Crippen LogP contribution in [0.3, 0.4) is 0 Å². The van der Waals surface area contributed by atoms with Gasteiger partial charge in [-0.05, 0) is 34.9 Å². The fourth-order valence-electron chi connectivity index (χ4n) is 4.81. The van der Waals surface area contributed by atoms with Gasteiger partial charge in [0.05, 0.1) is 6.61 Å². The van der Waals surface area contributed by atoms with E-state index in [0.29, 0.717) is 6.61 Å². The lowest BCUT2D eigenvalue weighted by Crippen LogP contribution is -2.47. The second-order valence-electron chi connectivity index (χ2n) is 8.82. The molecule has 3 aliphatic heterocycles. The van der Waals surface area contributed by atoms with E-state index < -0.39 is 0 Å². The zero-order chi connectivity index (χ0) is 21.2. The van der Waals surface area contributed by atoms with Crippen LogP contribution in [0.5, 0.6) is 11.5 Å². The van der Waals surface area contributed by atoms with E-state index in [9.17, 15) is 4.79 Å². The molecule has 1 amide bonds. The first-order valence-corrected chi connectivity index (χ1v) is 11.3. The number of nitrogens with zero attached hydrogens (tertiary/aromatic N) is 3. The Bertz CT molecular complexity index is 953. The van der Waals surface area contributed by atoms with Crippen LogP contribution in [-0.2, 0) is 30.8 Å². The monoisotopic (exact) mass is 421 g/mol. The SMILES string of the molecule is CC(=O)N1CCN(Cc2ccc3c(c2)CN(Cc2ccc4c(c2)CCO4)CCO3)CC1. The Morgan fingerprint density at radius 2 is 1.45 bits per heavy atom. The van der Waals surface area contributed by atoms with E-state index in [1.807, 2.05) is 4.90 Å². The summed E-state index contributed by atoms with van der Waals surface area (Å²) < 4.78 is 11.7. The summed E-state index contributed by atoms with van der Waals surface area (Å²) in [5.41, 5.74) is 5.25. The molecule has 6 nitrogen and oxygen atoms in total. The van der Waals surface area contributed by atoms with E-state index in [2.05, 4.69) is 46.2 Å². The van der Waals surface area contributed by atoms with Gasteiger partial charge in [0.15, 0.2) is 0 Å². The Morgan fingerprint density at radius 1 is 0.806 bits per heavy atom. The van der Waals surface area contributed by atoms with Gasteiger partial charge in [0, 0.05) is 71.3 Å². The van der Waals surface area contributed by atoms with Crippen molar-refractivity contribution in [3.05, 3.63) is 58.7 Å². The molecule has 2 aromatic carbocycles. The number of carbonyl (C=O) groups excluding carboxylic acids is 1. The van der Waals surface area contributed by atoms with Crippen molar-refractivity contribution in [3.63, 3.8) is 0 Å². The molecule has 0 saturated carbocycles. The largest absolute Gasteiger partial charge is 0.493 e. The van der Waals surface area contributed by atoms with Crippen molar-refractivity contribution in [2.45, 2.75) is 33.0 Å². The fraction of sp³-hybridized carbons (Fsp3) is 0.480. The first-order valence-electron chi connectivity index (χ1n) is 11.3. The summed E-state index contributed by atoms with van der Waals surface area (Å²) in [4.78, 5) is 18.4. The lowest BCUT2D eigenvalue weighted by Gasteiger charge is -2.34. The molecular weight excluding hydrogens is 390 g/mol. The Morgan fingerprint density at radius 3 is 2.19 bits per heavy atom. The number of amides is 1. The molecule has 0 atom stereocenters. The molecule has 164 valence electrons. The van der Waals surface area contributed by atoms with Crippen molar-refractivity contribution in [2.24, 2.45) is 0 Å². The van der Waals surface area contributed by atoms with E-state index in [1.165, 1.54) is 22.3 Å². The molecule has 2 aromatic rings. The predicted octanol–water partition coefficient (Wildman–Crippen LogP) is 2.68. The van der Waals surface area contributed by atoms with Crippen molar-refractivity contribution in [1.82, 2.24) is 14.7 Å². The van der Waals surface area contributed by atoms with Crippen molar-refractivity contribution in [1.29, 1.82) is 0 Å². The number of rotatable bonds is 4. The maximum atomic E-state index is 11.6. The smallest absolute Gasteiger partial charge is 0.219 e. The maximum Gasteiger partial charge on any atom is 0.219 e. The molecule has 0 radical (unpaired) electrons.